The van der Waals surface area contributed by atoms with E-state index < -0.39 is 9.84 Å². The zero-order chi connectivity index (χ0) is 17.9. The van der Waals surface area contributed by atoms with Crippen LogP contribution in [0.5, 0.6) is 0 Å². The molecular formula is C21H25NO2S. The fourth-order valence-corrected chi connectivity index (χ4v) is 4.56. The van der Waals surface area contributed by atoms with E-state index in [1.165, 1.54) is 6.42 Å². The SMILES string of the molecule is Cc1ccc(C(=CN2CCCCC2)S(=O)(=O)c2ccc(C)cc2)cc1. The van der Waals surface area contributed by atoms with Crippen molar-refractivity contribution in [1.82, 2.24) is 4.90 Å². The van der Waals surface area contributed by atoms with E-state index in [4.69, 9.17) is 0 Å². The summed E-state index contributed by atoms with van der Waals surface area (Å²) >= 11 is 0. The van der Waals surface area contributed by atoms with Crippen molar-refractivity contribution >= 4 is 14.7 Å². The van der Waals surface area contributed by atoms with Gasteiger partial charge >= 0.3 is 0 Å². The van der Waals surface area contributed by atoms with Gasteiger partial charge in [-0.05, 0) is 50.8 Å². The Bertz CT molecular complexity index is 844. The van der Waals surface area contributed by atoms with E-state index in [-0.39, 0.29) is 0 Å². The molecule has 1 aliphatic heterocycles. The fraction of sp³-hybridized carbons (Fsp3) is 0.333. The Morgan fingerprint density at radius 3 is 1.92 bits per heavy atom. The number of sulfone groups is 1. The molecule has 0 N–H and O–H groups in total. The highest BCUT2D eigenvalue weighted by atomic mass is 32.2. The van der Waals surface area contributed by atoms with E-state index in [0.29, 0.717) is 9.80 Å². The number of hydrogen-bond acceptors (Lipinski definition) is 3. The molecule has 2 aromatic carbocycles. The first kappa shape index (κ1) is 17.7. The van der Waals surface area contributed by atoms with E-state index in [0.717, 1.165) is 42.6 Å². The molecule has 3 rings (SSSR count). The van der Waals surface area contributed by atoms with Gasteiger partial charge in [-0.3, -0.25) is 0 Å². The molecule has 1 aliphatic rings. The first-order valence-electron chi connectivity index (χ1n) is 8.81. The zero-order valence-corrected chi connectivity index (χ0v) is 15.7. The van der Waals surface area contributed by atoms with Crippen molar-refractivity contribution in [2.24, 2.45) is 0 Å². The molecule has 0 saturated carbocycles. The summed E-state index contributed by atoms with van der Waals surface area (Å²) in [6.07, 6.45) is 5.29. The summed E-state index contributed by atoms with van der Waals surface area (Å²) in [5.41, 5.74) is 2.92. The Balaban J connectivity index is 2.07. The number of nitrogens with zero attached hydrogens (tertiary/aromatic N) is 1. The maximum Gasteiger partial charge on any atom is 0.208 e. The predicted octanol–water partition coefficient (Wildman–Crippen LogP) is 4.56. The van der Waals surface area contributed by atoms with Gasteiger partial charge in [-0.1, -0.05) is 47.5 Å². The summed E-state index contributed by atoms with van der Waals surface area (Å²) in [5, 5.41) is 0. The second-order valence-corrected chi connectivity index (χ2v) is 8.69. The van der Waals surface area contributed by atoms with Crippen molar-refractivity contribution in [1.29, 1.82) is 0 Å². The lowest BCUT2D eigenvalue weighted by Crippen LogP contribution is -2.25. The average Bonchev–Trinajstić information content (AvgIpc) is 2.62. The van der Waals surface area contributed by atoms with E-state index in [1.807, 2.05) is 56.4 Å². The van der Waals surface area contributed by atoms with E-state index in [1.54, 1.807) is 12.1 Å². The standard InChI is InChI=1S/C21H25NO2S/c1-17-6-10-19(11-7-17)21(16-22-14-4-3-5-15-22)25(23,24)20-12-8-18(2)9-13-20/h6-13,16H,3-5,14-15H2,1-2H3. The highest BCUT2D eigenvalue weighted by molar-refractivity contribution is 8.00. The van der Waals surface area contributed by atoms with Crippen LogP contribution in [0.1, 0.15) is 36.0 Å². The highest BCUT2D eigenvalue weighted by Gasteiger charge is 2.24. The largest absolute Gasteiger partial charge is 0.376 e. The van der Waals surface area contributed by atoms with Gasteiger partial charge in [-0.15, -0.1) is 0 Å². The maximum atomic E-state index is 13.3. The van der Waals surface area contributed by atoms with E-state index >= 15 is 0 Å². The van der Waals surface area contributed by atoms with E-state index in [2.05, 4.69) is 4.90 Å². The Kier molecular flexibility index (Phi) is 5.28. The topological polar surface area (TPSA) is 37.4 Å². The molecular weight excluding hydrogens is 330 g/mol. The Morgan fingerprint density at radius 1 is 0.840 bits per heavy atom. The molecule has 0 aliphatic carbocycles. The van der Waals surface area contributed by atoms with Gasteiger partial charge in [0.25, 0.3) is 0 Å². The third kappa shape index (κ3) is 4.13. The van der Waals surface area contributed by atoms with Crippen LogP contribution in [0.2, 0.25) is 0 Å². The quantitative estimate of drug-likeness (QED) is 0.807. The Labute approximate surface area is 150 Å². The molecule has 2 aromatic rings. The van der Waals surface area contributed by atoms with Gasteiger partial charge in [0.05, 0.1) is 9.80 Å². The lowest BCUT2D eigenvalue weighted by atomic mass is 10.1. The Morgan fingerprint density at radius 2 is 1.36 bits per heavy atom. The van der Waals surface area contributed by atoms with Crippen LogP contribution in [0.3, 0.4) is 0 Å². The van der Waals surface area contributed by atoms with Gasteiger partial charge in [-0.25, -0.2) is 8.42 Å². The predicted molar refractivity (Wildman–Crippen MR) is 103 cm³/mol. The molecule has 1 saturated heterocycles. The van der Waals surface area contributed by atoms with Crippen LogP contribution in [0, 0.1) is 13.8 Å². The van der Waals surface area contributed by atoms with Gasteiger partial charge in [0.2, 0.25) is 9.84 Å². The molecule has 132 valence electrons. The van der Waals surface area contributed by atoms with Gasteiger partial charge in [0, 0.05) is 19.3 Å². The summed E-state index contributed by atoms with van der Waals surface area (Å²) in [5.74, 6) is 0. The average molecular weight is 356 g/mol. The minimum atomic E-state index is -3.56. The van der Waals surface area contributed by atoms with Crippen LogP contribution in [-0.4, -0.2) is 26.4 Å². The molecule has 25 heavy (non-hydrogen) atoms. The summed E-state index contributed by atoms with van der Waals surface area (Å²) < 4.78 is 26.6. The number of rotatable bonds is 4. The first-order chi connectivity index (χ1) is 12.0. The maximum absolute atomic E-state index is 13.3. The number of benzene rings is 2. The molecule has 0 radical (unpaired) electrons. The zero-order valence-electron chi connectivity index (χ0n) is 14.9. The summed E-state index contributed by atoms with van der Waals surface area (Å²) in [7, 11) is -3.56. The van der Waals surface area contributed by atoms with Crippen molar-refractivity contribution in [2.75, 3.05) is 13.1 Å². The van der Waals surface area contributed by atoms with Crippen molar-refractivity contribution in [3.8, 4) is 0 Å². The minimum Gasteiger partial charge on any atom is -0.376 e. The second-order valence-electron chi connectivity index (χ2n) is 6.77. The van der Waals surface area contributed by atoms with Gasteiger partial charge < -0.3 is 4.90 Å². The Hall–Kier alpha value is -2.07. The normalized spacial score (nSPS) is 16.1. The number of piperidine rings is 1. The highest BCUT2D eigenvalue weighted by Crippen LogP contribution is 2.29. The van der Waals surface area contributed by atoms with Crippen LogP contribution in [0.25, 0.3) is 4.91 Å². The number of hydrogen-bond donors (Lipinski definition) is 0. The molecule has 0 bridgehead atoms. The molecule has 0 unspecified atom stereocenters. The smallest absolute Gasteiger partial charge is 0.208 e. The third-order valence-electron chi connectivity index (χ3n) is 4.65. The van der Waals surface area contributed by atoms with Crippen molar-refractivity contribution < 1.29 is 8.42 Å². The fourth-order valence-electron chi connectivity index (χ4n) is 3.07. The molecule has 0 amide bonds. The van der Waals surface area contributed by atoms with Crippen molar-refractivity contribution in [3.63, 3.8) is 0 Å². The van der Waals surface area contributed by atoms with Crippen LogP contribution in [0.15, 0.2) is 59.6 Å². The van der Waals surface area contributed by atoms with Crippen LogP contribution >= 0.6 is 0 Å². The molecule has 4 heteroatoms. The van der Waals surface area contributed by atoms with Gasteiger partial charge in [0.15, 0.2) is 0 Å². The molecule has 0 aromatic heterocycles. The lowest BCUT2D eigenvalue weighted by Gasteiger charge is -2.26. The minimum absolute atomic E-state index is 0.349. The monoisotopic (exact) mass is 355 g/mol. The first-order valence-corrected chi connectivity index (χ1v) is 10.3. The third-order valence-corrected chi connectivity index (χ3v) is 6.46. The summed E-state index contributed by atoms with van der Waals surface area (Å²) in [6, 6.07) is 14.8. The molecule has 0 spiro atoms. The summed E-state index contributed by atoms with van der Waals surface area (Å²) in [6.45, 7) is 5.80. The van der Waals surface area contributed by atoms with Crippen LogP contribution in [-0.2, 0) is 9.84 Å². The van der Waals surface area contributed by atoms with Crippen LogP contribution in [0.4, 0.5) is 0 Å². The van der Waals surface area contributed by atoms with Gasteiger partial charge in [0.1, 0.15) is 0 Å². The van der Waals surface area contributed by atoms with Crippen molar-refractivity contribution in [3.05, 3.63) is 71.4 Å². The van der Waals surface area contributed by atoms with E-state index in [9.17, 15) is 8.42 Å². The molecule has 3 nitrogen and oxygen atoms in total. The molecule has 1 fully saturated rings. The van der Waals surface area contributed by atoms with Gasteiger partial charge in [-0.2, -0.15) is 0 Å². The molecule has 1 heterocycles. The summed E-state index contributed by atoms with van der Waals surface area (Å²) in [4.78, 5) is 2.88. The van der Waals surface area contributed by atoms with Crippen molar-refractivity contribution in [2.45, 2.75) is 38.0 Å². The number of aryl methyl sites for hydroxylation is 2. The molecule has 0 atom stereocenters. The second kappa shape index (κ2) is 7.44. The number of likely N-dealkylation sites (tertiary alicyclic amines) is 1. The van der Waals surface area contributed by atoms with Crippen LogP contribution < -0.4 is 0 Å². The lowest BCUT2D eigenvalue weighted by molar-refractivity contribution is 0.311.